The van der Waals surface area contributed by atoms with Crippen LogP contribution in [0.2, 0.25) is 0 Å². The first kappa shape index (κ1) is 20.0. The van der Waals surface area contributed by atoms with Crippen molar-refractivity contribution in [3.8, 4) is 17.2 Å². The average molecular weight is 370 g/mol. The summed E-state index contributed by atoms with van der Waals surface area (Å²) in [6, 6.07) is 11.8. The van der Waals surface area contributed by atoms with Gasteiger partial charge in [-0.25, -0.2) is 4.79 Å². The van der Waals surface area contributed by atoms with E-state index in [1.807, 2.05) is 26.0 Å². The first-order chi connectivity index (χ1) is 12.9. The van der Waals surface area contributed by atoms with E-state index in [1.165, 1.54) is 12.1 Å². The first-order valence-electron chi connectivity index (χ1n) is 8.41. The molecule has 0 unspecified atom stereocenters. The maximum Gasteiger partial charge on any atom is 0.341 e. The molecule has 0 aromatic heterocycles. The Morgan fingerprint density at radius 3 is 2.56 bits per heavy atom. The third-order valence-corrected chi connectivity index (χ3v) is 3.48. The minimum Gasteiger partial charge on any atom is -0.493 e. The molecule has 6 nitrogen and oxygen atoms in total. The van der Waals surface area contributed by atoms with Crippen LogP contribution in [0.5, 0.6) is 17.2 Å². The minimum absolute atomic E-state index is 0.0489. The fourth-order valence-corrected chi connectivity index (χ4v) is 2.33. The van der Waals surface area contributed by atoms with Crippen LogP contribution in [-0.4, -0.2) is 36.7 Å². The van der Waals surface area contributed by atoms with Gasteiger partial charge in [0, 0.05) is 11.1 Å². The first-order valence-corrected chi connectivity index (χ1v) is 8.41. The van der Waals surface area contributed by atoms with Crippen LogP contribution in [0.4, 0.5) is 0 Å². The van der Waals surface area contributed by atoms with Crippen molar-refractivity contribution >= 4 is 17.8 Å². The van der Waals surface area contributed by atoms with Gasteiger partial charge in [0.25, 0.3) is 0 Å². The zero-order valence-corrected chi connectivity index (χ0v) is 15.5. The number of benzene rings is 2. The van der Waals surface area contributed by atoms with E-state index in [9.17, 15) is 9.59 Å². The summed E-state index contributed by atoms with van der Waals surface area (Å²) in [5.74, 6) is 0.151. The lowest BCUT2D eigenvalue weighted by molar-refractivity contribution is -0.139. The van der Waals surface area contributed by atoms with Gasteiger partial charge < -0.3 is 19.3 Å². The van der Waals surface area contributed by atoms with E-state index >= 15 is 0 Å². The van der Waals surface area contributed by atoms with Gasteiger partial charge in [0.2, 0.25) is 0 Å². The fraction of sp³-hybridized carbons (Fsp3) is 0.238. The highest BCUT2D eigenvalue weighted by Gasteiger charge is 2.11. The number of carbonyl (C=O) groups excluding carboxylic acids is 1. The average Bonchev–Trinajstić information content (AvgIpc) is 2.65. The molecule has 0 aliphatic rings. The topological polar surface area (TPSA) is 82.1 Å². The molecular formula is C21H22O6. The van der Waals surface area contributed by atoms with Crippen molar-refractivity contribution in [2.75, 3.05) is 13.7 Å². The number of para-hydroxylation sites is 1. The number of allylic oxidation sites excluding steroid dienone is 1. The normalized spacial score (nSPS) is 10.8. The van der Waals surface area contributed by atoms with Crippen molar-refractivity contribution < 1.29 is 28.9 Å². The molecule has 0 bridgehead atoms. The van der Waals surface area contributed by atoms with E-state index in [2.05, 4.69) is 0 Å². The summed E-state index contributed by atoms with van der Waals surface area (Å²) in [6.07, 6.45) is 3.04. The summed E-state index contributed by atoms with van der Waals surface area (Å²) < 4.78 is 16.2. The molecule has 2 aromatic carbocycles. The largest absolute Gasteiger partial charge is 0.493 e. The lowest BCUT2D eigenvalue weighted by atomic mass is 10.1. The predicted molar refractivity (Wildman–Crippen MR) is 102 cm³/mol. The zero-order valence-electron chi connectivity index (χ0n) is 15.5. The molecule has 0 atom stereocenters. The highest BCUT2D eigenvalue weighted by Crippen LogP contribution is 2.33. The fourth-order valence-electron chi connectivity index (χ4n) is 2.33. The second-order valence-corrected chi connectivity index (χ2v) is 5.95. The number of ketones is 1. The molecule has 2 aromatic rings. The molecule has 142 valence electrons. The quantitative estimate of drug-likeness (QED) is 0.533. The third kappa shape index (κ3) is 5.88. The van der Waals surface area contributed by atoms with Crippen molar-refractivity contribution in [3.63, 3.8) is 0 Å². The van der Waals surface area contributed by atoms with Crippen LogP contribution in [0.25, 0.3) is 6.08 Å². The monoisotopic (exact) mass is 370 g/mol. The lowest BCUT2D eigenvalue weighted by Gasteiger charge is -2.15. The van der Waals surface area contributed by atoms with Gasteiger partial charge in [-0.15, -0.1) is 0 Å². The van der Waals surface area contributed by atoms with E-state index in [1.54, 1.807) is 37.5 Å². The van der Waals surface area contributed by atoms with Crippen molar-refractivity contribution in [1.82, 2.24) is 0 Å². The molecule has 0 aliphatic carbocycles. The molecule has 27 heavy (non-hydrogen) atoms. The molecule has 0 radical (unpaired) electrons. The number of hydrogen-bond donors (Lipinski definition) is 1. The minimum atomic E-state index is -1.08. The summed E-state index contributed by atoms with van der Waals surface area (Å²) in [7, 11) is 1.56. The van der Waals surface area contributed by atoms with E-state index in [0.29, 0.717) is 22.8 Å². The highest BCUT2D eigenvalue weighted by atomic mass is 16.5. The summed E-state index contributed by atoms with van der Waals surface area (Å²) >= 11 is 0. The molecule has 0 heterocycles. The van der Waals surface area contributed by atoms with E-state index in [4.69, 9.17) is 19.3 Å². The van der Waals surface area contributed by atoms with Gasteiger partial charge >= 0.3 is 5.97 Å². The molecule has 0 saturated carbocycles. The molecule has 2 rings (SSSR count). The molecular weight excluding hydrogens is 348 g/mol. The van der Waals surface area contributed by atoms with Crippen LogP contribution in [0, 0.1) is 0 Å². The number of carboxylic acid groups (broad SMARTS) is 1. The van der Waals surface area contributed by atoms with Crippen LogP contribution in [-0.2, 0) is 4.79 Å². The molecule has 0 fully saturated rings. The predicted octanol–water partition coefficient (Wildman–Crippen LogP) is 3.84. The Kier molecular flexibility index (Phi) is 7.00. The SMILES string of the molecule is COc1cccc(/C=C/C(=O)c2cccc(OCC(=O)O)c2)c1OC(C)C. The number of carbonyl (C=O) groups is 2. The maximum atomic E-state index is 12.5. The van der Waals surface area contributed by atoms with E-state index in [0.717, 1.165) is 5.56 Å². The van der Waals surface area contributed by atoms with Gasteiger partial charge in [0.1, 0.15) is 5.75 Å². The summed E-state index contributed by atoms with van der Waals surface area (Å²) in [5.41, 5.74) is 1.11. The van der Waals surface area contributed by atoms with Gasteiger partial charge in [-0.05, 0) is 44.2 Å². The molecule has 6 heteroatoms. The second kappa shape index (κ2) is 9.43. The molecule has 1 N–H and O–H groups in total. The van der Waals surface area contributed by atoms with Crippen LogP contribution in [0.3, 0.4) is 0 Å². The Morgan fingerprint density at radius 1 is 1.15 bits per heavy atom. The highest BCUT2D eigenvalue weighted by molar-refractivity contribution is 6.07. The Bertz CT molecular complexity index is 838. The number of aliphatic carboxylic acids is 1. The number of ether oxygens (including phenoxy) is 3. The maximum absolute atomic E-state index is 12.5. The smallest absolute Gasteiger partial charge is 0.341 e. The van der Waals surface area contributed by atoms with Gasteiger partial charge in [0.05, 0.1) is 13.2 Å². The van der Waals surface area contributed by atoms with Crippen molar-refractivity contribution in [3.05, 3.63) is 59.7 Å². The molecule has 0 aliphatic heterocycles. The van der Waals surface area contributed by atoms with Gasteiger partial charge in [-0.3, -0.25) is 4.79 Å². The Morgan fingerprint density at radius 2 is 1.89 bits per heavy atom. The summed E-state index contributed by atoms with van der Waals surface area (Å²) in [5, 5.41) is 8.67. The zero-order chi connectivity index (χ0) is 19.8. The number of carboxylic acids is 1. The Labute approximate surface area is 158 Å². The van der Waals surface area contributed by atoms with Crippen molar-refractivity contribution in [1.29, 1.82) is 0 Å². The molecule has 0 spiro atoms. The van der Waals surface area contributed by atoms with Gasteiger partial charge in [-0.2, -0.15) is 0 Å². The molecule has 0 amide bonds. The third-order valence-electron chi connectivity index (χ3n) is 3.48. The standard InChI is InChI=1S/C21H22O6/c1-14(2)27-21-15(6-5-9-19(21)25-3)10-11-18(22)16-7-4-8-17(12-16)26-13-20(23)24/h4-12,14H,13H2,1-3H3,(H,23,24)/b11-10+. The number of methoxy groups -OCH3 is 1. The number of rotatable bonds is 9. The van der Waals surface area contributed by atoms with E-state index < -0.39 is 12.6 Å². The Hall–Kier alpha value is -3.28. The summed E-state index contributed by atoms with van der Waals surface area (Å²) in [4.78, 5) is 23.1. The van der Waals surface area contributed by atoms with Crippen molar-refractivity contribution in [2.45, 2.75) is 20.0 Å². The second-order valence-electron chi connectivity index (χ2n) is 5.95. The summed E-state index contributed by atoms with van der Waals surface area (Å²) in [6.45, 7) is 3.36. The lowest BCUT2D eigenvalue weighted by Crippen LogP contribution is -2.09. The van der Waals surface area contributed by atoms with E-state index in [-0.39, 0.29) is 11.9 Å². The van der Waals surface area contributed by atoms with Gasteiger partial charge in [0.15, 0.2) is 23.9 Å². The van der Waals surface area contributed by atoms with Crippen molar-refractivity contribution in [2.24, 2.45) is 0 Å². The van der Waals surface area contributed by atoms with Crippen LogP contribution in [0.1, 0.15) is 29.8 Å². The molecule has 0 saturated heterocycles. The Balaban J connectivity index is 2.22. The van der Waals surface area contributed by atoms with Crippen LogP contribution in [0.15, 0.2) is 48.5 Å². The van der Waals surface area contributed by atoms with Gasteiger partial charge in [-0.1, -0.05) is 24.3 Å². The van der Waals surface area contributed by atoms with Crippen LogP contribution < -0.4 is 14.2 Å². The number of hydrogen-bond acceptors (Lipinski definition) is 5. The van der Waals surface area contributed by atoms with Crippen LogP contribution >= 0.6 is 0 Å².